The van der Waals surface area contributed by atoms with Crippen molar-refractivity contribution in [2.45, 2.75) is 0 Å². The van der Waals surface area contributed by atoms with Crippen LogP contribution in [0.15, 0.2) is 158 Å². The molecular formula is C42H26O. The van der Waals surface area contributed by atoms with Crippen molar-refractivity contribution in [2.75, 3.05) is 0 Å². The molecule has 0 N–H and O–H groups in total. The van der Waals surface area contributed by atoms with Gasteiger partial charge in [0.05, 0.1) is 1.37 Å². The molecule has 0 atom stereocenters. The van der Waals surface area contributed by atoms with Crippen LogP contribution < -0.4 is 4.74 Å². The fourth-order valence-electron chi connectivity index (χ4n) is 6.87. The predicted molar refractivity (Wildman–Crippen MR) is 181 cm³/mol. The molecule has 0 spiro atoms. The van der Waals surface area contributed by atoms with Gasteiger partial charge in [-0.1, -0.05) is 133 Å². The van der Waals surface area contributed by atoms with Gasteiger partial charge in [0.1, 0.15) is 11.5 Å². The molecule has 8 aromatic carbocycles. The summed E-state index contributed by atoms with van der Waals surface area (Å²) in [6.07, 6.45) is 0. The first kappa shape index (κ1) is 23.0. The van der Waals surface area contributed by atoms with Gasteiger partial charge in [-0.05, 0) is 90.1 Å². The van der Waals surface area contributed by atoms with Crippen LogP contribution >= 0.6 is 0 Å². The minimum absolute atomic E-state index is 0.519. The first-order valence-electron chi connectivity index (χ1n) is 15.2. The van der Waals surface area contributed by atoms with Crippen LogP contribution in [-0.2, 0) is 0 Å². The van der Waals surface area contributed by atoms with E-state index in [-0.39, 0.29) is 0 Å². The standard InChI is InChI=1S/C42H26O/c1-2-11-27(12-3-1)29-15-8-16-30(25-29)40-32-17-4-6-19-34(32)41(35-20-7-5-18-33(35)40)31-23-24-38-37(26-31)36-21-9-13-28-14-10-22-39(43-38)42(28)36/h1-26H/i19D. The van der Waals surface area contributed by atoms with Crippen molar-refractivity contribution in [3.63, 3.8) is 0 Å². The summed E-state index contributed by atoms with van der Waals surface area (Å²) in [6, 6.07) is 53.7. The zero-order chi connectivity index (χ0) is 29.2. The lowest BCUT2D eigenvalue weighted by atomic mass is 9.84. The smallest absolute Gasteiger partial charge is 0.135 e. The summed E-state index contributed by atoms with van der Waals surface area (Å²) in [7, 11) is 0. The summed E-state index contributed by atoms with van der Waals surface area (Å²) in [5.74, 6) is 1.75. The number of rotatable bonds is 3. The molecule has 0 radical (unpaired) electrons. The van der Waals surface area contributed by atoms with Gasteiger partial charge in [-0.15, -0.1) is 0 Å². The molecule has 1 aliphatic heterocycles. The normalized spacial score (nSPS) is 12.2. The van der Waals surface area contributed by atoms with Crippen molar-refractivity contribution in [3.8, 4) is 56.0 Å². The fraction of sp³-hybridized carbons (Fsp3) is 0. The van der Waals surface area contributed by atoms with Gasteiger partial charge >= 0.3 is 0 Å². The maximum Gasteiger partial charge on any atom is 0.135 e. The molecule has 1 heteroatoms. The van der Waals surface area contributed by atoms with Gasteiger partial charge in [0, 0.05) is 10.9 Å². The Morgan fingerprint density at radius 1 is 0.395 bits per heavy atom. The Kier molecular flexibility index (Phi) is 5.04. The van der Waals surface area contributed by atoms with E-state index < -0.39 is 0 Å². The van der Waals surface area contributed by atoms with Crippen molar-refractivity contribution in [2.24, 2.45) is 0 Å². The van der Waals surface area contributed by atoms with Crippen LogP contribution in [0, 0.1) is 0 Å². The topological polar surface area (TPSA) is 9.23 Å². The number of ether oxygens (including phenoxy) is 1. The van der Waals surface area contributed by atoms with Gasteiger partial charge in [-0.2, -0.15) is 0 Å². The zero-order valence-corrected chi connectivity index (χ0v) is 23.3. The van der Waals surface area contributed by atoms with E-state index in [9.17, 15) is 1.37 Å². The van der Waals surface area contributed by atoms with E-state index in [1.54, 1.807) is 0 Å². The van der Waals surface area contributed by atoms with E-state index >= 15 is 0 Å². The molecule has 9 rings (SSSR count). The fourth-order valence-corrected chi connectivity index (χ4v) is 6.87. The van der Waals surface area contributed by atoms with E-state index in [0.29, 0.717) is 6.04 Å². The van der Waals surface area contributed by atoms with Crippen LogP contribution in [0.3, 0.4) is 0 Å². The van der Waals surface area contributed by atoms with E-state index in [4.69, 9.17) is 4.74 Å². The zero-order valence-electron chi connectivity index (χ0n) is 24.3. The third kappa shape index (κ3) is 3.72. The van der Waals surface area contributed by atoms with Gasteiger partial charge in [-0.25, -0.2) is 0 Å². The Morgan fingerprint density at radius 2 is 1.02 bits per heavy atom. The molecule has 0 saturated heterocycles. The molecule has 200 valence electrons. The maximum absolute atomic E-state index is 9.22. The van der Waals surface area contributed by atoms with Crippen LogP contribution in [0.2, 0.25) is 0 Å². The van der Waals surface area contributed by atoms with Gasteiger partial charge in [0.15, 0.2) is 0 Å². The Labute approximate surface area is 251 Å². The summed E-state index contributed by atoms with van der Waals surface area (Å²) in [6.45, 7) is 0. The lowest BCUT2D eigenvalue weighted by Gasteiger charge is -2.23. The molecular weight excluding hydrogens is 520 g/mol. The summed E-state index contributed by atoms with van der Waals surface area (Å²) >= 11 is 0. The largest absolute Gasteiger partial charge is 0.456 e. The molecule has 8 aromatic rings. The van der Waals surface area contributed by atoms with Crippen molar-refractivity contribution in [3.05, 3.63) is 158 Å². The second-order valence-electron chi connectivity index (χ2n) is 11.2. The molecule has 0 bridgehead atoms. The second kappa shape index (κ2) is 9.44. The first-order chi connectivity index (χ1) is 21.7. The van der Waals surface area contributed by atoms with E-state index in [1.807, 2.05) is 24.3 Å². The highest BCUT2D eigenvalue weighted by molar-refractivity contribution is 6.21. The summed E-state index contributed by atoms with van der Waals surface area (Å²) in [5.41, 5.74) is 9.08. The van der Waals surface area contributed by atoms with Crippen molar-refractivity contribution in [1.29, 1.82) is 0 Å². The quantitative estimate of drug-likeness (QED) is 0.200. The van der Waals surface area contributed by atoms with E-state index in [1.165, 1.54) is 27.5 Å². The number of hydrogen-bond donors (Lipinski definition) is 0. The molecule has 1 aliphatic rings. The Morgan fingerprint density at radius 3 is 1.86 bits per heavy atom. The molecule has 0 amide bonds. The van der Waals surface area contributed by atoms with E-state index in [0.717, 1.165) is 60.9 Å². The number of fused-ring (bicyclic) bond motifs is 4. The average Bonchev–Trinajstić information content (AvgIpc) is 3.08. The molecule has 1 nitrogen and oxygen atoms in total. The van der Waals surface area contributed by atoms with Gasteiger partial charge in [0.25, 0.3) is 0 Å². The van der Waals surface area contributed by atoms with Crippen molar-refractivity contribution < 1.29 is 6.11 Å². The molecule has 1 heterocycles. The first-order valence-corrected chi connectivity index (χ1v) is 14.7. The van der Waals surface area contributed by atoms with E-state index in [2.05, 4.69) is 127 Å². The van der Waals surface area contributed by atoms with Crippen LogP contribution in [0.25, 0.3) is 76.8 Å². The van der Waals surface area contributed by atoms with Crippen LogP contribution in [0.5, 0.6) is 11.5 Å². The maximum atomic E-state index is 9.22. The lowest BCUT2D eigenvalue weighted by Crippen LogP contribution is -1.98. The summed E-state index contributed by atoms with van der Waals surface area (Å²) < 4.78 is 15.6. The highest BCUT2D eigenvalue weighted by Crippen LogP contribution is 2.49. The third-order valence-electron chi connectivity index (χ3n) is 8.74. The monoisotopic (exact) mass is 547 g/mol. The van der Waals surface area contributed by atoms with Gasteiger partial charge < -0.3 is 4.74 Å². The molecule has 0 unspecified atom stereocenters. The molecule has 0 saturated carbocycles. The molecule has 43 heavy (non-hydrogen) atoms. The Bertz CT molecular complexity index is 2420. The van der Waals surface area contributed by atoms with Crippen molar-refractivity contribution >= 4 is 32.3 Å². The van der Waals surface area contributed by atoms with Crippen LogP contribution in [-0.4, -0.2) is 0 Å². The minimum Gasteiger partial charge on any atom is -0.456 e. The SMILES string of the molecule is [2H]c1cccc2c(-c3cccc(-c4ccccc4)c3)c3ccccc3c(-c3ccc4c(c3)-c3cccc5cccc(c35)O4)c12. The Balaban J connectivity index is 1.34. The average molecular weight is 548 g/mol. The summed E-state index contributed by atoms with van der Waals surface area (Å²) in [5, 5.41) is 6.66. The lowest BCUT2D eigenvalue weighted by molar-refractivity contribution is 0.487. The van der Waals surface area contributed by atoms with Crippen LogP contribution in [0.1, 0.15) is 1.37 Å². The molecule has 0 aromatic heterocycles. The van der Waals surface area contributed by atoms with Crippen LogP contribution in [0.4, 0.5) is 0 Å². The van der Waals surface area contributed by atoms with Crippen molar-refractivity contribution in [1.82, 2.24) is 0 Å². The number of benzene rings is 8. The third-order valence-corrected chi connectivity index (χ3v) is 8.74. The van der Waals surface area contributed by atoms with Gasteiger partial charge in [-0.3, -0.25) is 0 Å². The minimum atomic E-state index is 0.519. The second-order valence-corrected chi connectivity index (χ2v) is 11.2. The summed E-state index contributed by atoms with van der Waals surface area (Å²) in [4.78, 5) is 0. The highest BCUT2D eigenvalue weighted by atomic mass is 16.5. The highest BCUT2D eigenvalue weighted by Gasteiger charge is 2.22. The molecule has 0 aliphatic carbocycles. The Hall–Kier alpha value is -5.66. The molecule has 0 fully saturated rings. The van der Waals surface area contributed by atoms with Gasteiger partial charge in [0.2, 0.25) is 0 Å². The number of hydrogen-bond acceptors (Lipinski definition) is 1. The predicted octanol–water partition coefficient (Wildman–Crippen LogP) is 11.9.